The fraction of sp³-hybridized carbons (Fsp3) is 0.500. The minimum atomic E-state index is 0.600. The van der Waals surface area contributed by atoms with Crippen LogP contribution in [0.5, 0.6) is 0 Å². The summed E-state index contributed by atoms with van der Waals surface area (Å²) in [5, 5.41) is 2.06. The van der Waals surface area contributed by atoms with Crippen LogP contribution >= 0.6 is 23.6 Å². The third-order valence-corrected chi connectivity index (χ3v) is 2.84. The van der Waals surface area contributed by atoms with Crippen molar-refractivity contribution in [2.45, 2.75) is 25.9 Å². The van der Waals surface area contributed by atoms with Crippen molar-refractivity contribution in [3.05, 3.63) is 22.4 Å². The summed E-state index contributed by atoms with van der Waals surface area (Å²) in [5.41, 5.74) is 5.38. The highest BCUT2D eigenvalue weighted by molar-refractivity contribution is 7.80. The van der Waals surface area contributed by atoms with E-state index in [2.05, 4.69) is 11.4 Å². The van der Waals surface area contributed by atoms with Gasteiger partial charge in [-0.3, -0.25) is 0 Å². The van der Waals surface area contributed by atoms with Crippen LogP contribution in [0.3, 0.4) is 0 Å². The van der Waals surface area contributed by atoms with Gasteiger partial charge in [-0.2, -0.15) is 0 Å². The molecule has 0 atom stereocenters. The van der Waals surface area contributed by atoms with Gasteiger partial charge in [-0.25, -0.2) is 0 Å². The minimum Gasteiger partial charge on any atom is -0.393 e. The molecule has 0 amide bonds. The van der Waals surface area contributed by atoms with Gasteiger partial charge < -0.3 is 10.5 Å². The molecule has 2 nitrogen and oxygen atoms in total. The number of thiophene rings is 1. The van der Waals surface area contributed by atoms with Crippen molar-refractivity contribution in [2.24, 2.45) is 5.73 Å². The van der Waals surface area contributed by atoms with Crippen molar-refractivity contribution < 1.29 is 4.74 Å². The van der Waals surface area contributed by atoms with Crippen LogP contribution in [0.15, 0.2) is 17.5 Å². The first kappa shape index (κ1) is 11.6. The second kappa shape index (κ2) is 6.92. The van der Waals surface area contributed by atoms with Gasteiger partial charge in [-0.15, -0.1) is 11.3 Å². The molecule has 0 saturated heterocycles. The van der Waals surface area contributed by atoms with Gasteiger partial charge in [-0.1, -0.05) is 18.3 Å². The molecule has 0 aliphatic rings. The summed E-state index contributed by atoms with van der Waals surface area (Å²) in [6, 6.07) is 4.12. The van der Waals surface area contributed by atoms with E-state index in [0.717, 1.165) is 32.5 Å². The normalized spacial score (nSPS) is 10.3. The largest absolute Gasteiger partial charge is 0.393 e. The summed E-state index contributed by atoms with van der Waals surface area (Å²) < 4.78 is 5.49. The molecule has 0 saturated carbocycles. The van der Waals surface area contributed by atoms with Gasteiger partial charge in [0, 0.05) is 11.5 Å². The maximum Gasteiger partial charge on any atom is 0.0809 e. The molecule has 0 spiro atoms. The van der Waals surface area contributed by atoms with E-state index in [0.29, 0.717) is 4.99 Å². The zero-order valence-corrected chi connectivity index (χ0v) is 9.70. The molecule has 0 fully saturated rings. The van der Waals surface area contributed by atoms with Gasteiger partial charge in [0.05, 0.1) is 11.6 Å². The van der Waals surface area contributed by atoms with E-state index in [1.807, 2.05) is 6.07 Å². The third-order valence-electron chi connectivity index (χ3n) is 1.79. The molecule has 0 aliphatic carbocycles. The quantitative estimate of drug-likeness (QED) is 0.577. The van der Waals surface area contributed by atoms with Crippen LogP contribution in [0.2, 0.25) is 0 Å². The Labute approximate surface area is 94.1 Å². The molecule has 1 heterocycles. The molecule has 1 rings (SSSR count). The lowest BCUT2D eigenvalue weighted by atomic mass is 10.2. The van der Waals surface area contributed by atoms with E-state index in [4.69, 9.17) is 22.7 Å². The molecule has 0 aliphatic heterocycles. The predicted molar refractivity (Wildman–Crippen MR) is 64.6 cm³/mol. The SMILES string of the molecule is NC(=S)CCCCOCc1cccs1. The van der Waals surface area contributed by atoms with Crippen molar-refractivity contribution in [2.75, 3.05) is 6.61 Å². The van der Waals surface area contributed by atoms with Crippen LogP contribution in [0.1, 0.15) is 24.1 Å². The van der Waals surface area contributed by atoms with Crippen LogP contribution in [0.25, 0.3) is 0 Å². The summed E-state index contributed by atoms with van der Waals surface area (Å²) in [4.78, 5) is 1.88. The van der Waals surface area contributed by atoms with Gasteiger partial charge >= 0.3 is 0 Å². The molecule has 4 heteroatoms. The Morgan fingerprint density at radius 3 is 3.00 bits per heavy atom. The van der Waals surface area contributed by atoms with Crippen molar-refractivity contribution in [3.63, 3.8) is 0 Å². The highest BCUT2D eigenvalue weighted by Crippen LogP contribution is 2.09. The van der Waals surface area contributed by atoms with E-state index in [1.165, 1.54) is 4.88 Å². The number of hydrogen-bond acceptors (Lipinski definition) is 3. The summed E-state index contributed by atoms with van der Waals surface area (Å²) in [6.07, 6.45) is 2.89. The molecule has 14 heavy (non-hydrogen) atoms. The molecule has 2 N–H and O–H groups in total. The second-order valence-electron chi connectivity index (χ2n) is 3.06. The van der Waals surface area contributed by atoms with Gasteiger partial charge in [0.1, 0.15) is 0 Å². The van der Waals surface area contributed by atoms with Crippen molar-refractivity contribution in [1.29, 1.82) is 0 Å². The van der Waals surface area contributed by atoms with E-state index < -0.39 is 0 Å². The van der Waals surface area contributed by atoms with Gasteiger partial charge in [-0.05, 0) is 30.7 Å². The van der Waals surface area contributed by atoms with Crippen LogP contribution in [0.4, 0.5) is 0 Å². The predicted octanol–water partition coefficient (Wildman–Crippen LogP) is 2.72. The van der Waals surface area contributed by atoms with Crippen molar-refractivity contribution >= 4 is 28.5 Å². The highest BCUT2D eigenvalue weighted by atomic mass is 32.1. The number of unbranched alkanes of at least 4 members (excludes halogenated alkanes) is 1. The van der Waals surface area contributed by atoms with E-state index in [9.17, 15) is 0 Å². The molecule has 0 radical (unpaired) electrons. The monoisotopic (exact) mass is 229 g/mol. The Hall–Kier alpha value is -0.450. The fourth-order valence-corrected chi connectivity index (χ4v) is 1.86. The molecular formula is C10H15NOS2. The summed E-state index contributed by atoms with van der Waals surface area (Å²) in [6.45, 7) is 1.52. The molecule has 78 valence electrons. The van der Waals surface area contributed by atoms with Crippen LogP contribution in [-0.2, 0) is 11.3 Å². The van der Waals surface area contributed by atoms with Crippen molar-refractivity contribution in [3.8, 4) is 0 Å². The topological polar surface area (TPSA) is 35.2 Å². The molecule has 1 aromatic rings. The lowest BCUT2D eigenvalue weighted by Crippen LogP contribution is -2.07. The third kappa shape index (κ3) is 5.32. The second-order valence-corrected chi connectivity index (χ2v) is 4.61. The summed E-state index contributed by atoms with van der Waals surface area (Å²) in [7, 11) is 0. The Morgan fingerprint density at radius 1 is 1.50 bits per heavy atom. The first-order chi connectivity index (χ1) is 6.79. The molecule has 0 bridgehead atoms. The lowest BCUT2D eigenvalue weighted by molar-refractivity contribution is 0.119. The Bertz CT molecular complexity index is 259. The first-order valence-corrected chi connectivity index (χ1v) is 5.96. The molecule has 0 unspecified atom stereocenters. The summed E-state index contributed by atoms with van der Waals surface area (Å²) in [5.74, 6) is 0. The number of nitrogens with two attached hydrogens (primary N) is 1. The highest BCUT2D eigenvalue weighted by Gasteiger charge is 1.94. The van der Waals surface area contributed by atoms with E-state index in [-0.39, 0.29) is 0 Å². The number of hydrogen-bond donors (Lipinski definition) is 1. The van der Waals surface area contributed by atoms with Gasteiger partial charge in [0.2, 0.25) is 0 Å². The smallest absolute Gasteiger partial charge is 0.0809 e. The number of ether oxygens (including phenoxy) is 1. The minimum absolute atomic E-state index is 0.600. The van der Waals surface area contributed by atoms with Crippen molar-refractivity contribution in [1.82, 2.24) is 0 Å². The molecule has 0 aromatic carbocycles. The van der Waals surface area contributed by atoms with Gasteiger partial charge in [0.15, 0.2) is 0 Å². The maximum absolute atomic E-state index is 5.49. The number of thiocarbonyl (C=S) groups is 1. The Balaban J connectivity index is 1.92. The maximum atomic E-state index is 5.49. The van der Waals surface area contributed by atoms with E-state index >= 15 is 0 Å². The van der Waals surface area contributed by atoms with E-state index in [1.54, 1.807) is 11.3 Å². The lowest BCUT2D eigenvalue weighted by Gasteiger charge is -2.01. The Morgan fingerprint density at radius 2 is 2.36 bits per heavy atom. The van der Waals surface area contributed by atoms with Crippen LogP contribution < -0.4 is 5.73 Å². The average molecular weight is 229 g/mol. The molecular weight excluding hydrogens is 214 g/mol. The standard InChI is InChI=1S/C10H15NOS2/c11-10(13)5-1-2-6-12-8-9-4-3-7-14-9/h3-4,7H,1-2,5-6,8H2,(H2,11,13). The average Bonchev–Trinajstić information content (AvgIpc) is 2.63. The Kier molecular flexibility index (Phi) is 5.75. The van der Waals surface area contributed by atoms with Crippen LogP contribution in [-0.4, -0.2) is 11.6 Å². The number of rotatable bonds is 7. The zero-order valence-electron chi connectivity index (χ0n) is 8.07. The fourth-order valence-electron chi connectivity index (χ4n) is 1.07. The van der Waals surface area contributed by atoms with Gasteiger partial charge in [0.25, 0.3) is 0 Å². The van der Waals surface area contributed by atoms with Crippen LogP contribution in [0, 0.1) is 0 Å². The molecule has 1 aromatic heterocycles. The summed E-state index contributed by atoms with van der Waals surface area (Å²) >= 11 is 6.50. The zero-order chi connectivity index (χ0) is 10.2. The first-order valence-electron chi connectivity index (χ1n) is 4.67.